The molecule has 0 fully saturated rings. The van der Waals surface area contributed by atoms with Gasteiger partial charge < -0.3 is 5.32 Å². The highest BCUT2D eigenvalue weighted by Gasteiger charge is 2.27. The first-order valence-electron chi connectivity index (χ1n) is 11.4. The molecule has 1 unspecified atom stereocenters. The summed E-state index contributed by atoms with van der Waals surface area (Å²) in [5.74, 6) is 0.634. The molecule has 1 heterocycles. The van der Waals surface area contributed by atoms with Crippen molar-refractivity contribution >= 4 is 45.0 Å². The molecule has 0 bridgehead atoms. The number of hydrogen-bond acceptors (Lipinski definition) is 6. The SMILES string of the molecule is CS(=O)(=O)OCCc1ccc(Nc2ncc3c(n2)-c2ccccc2C(c2ccc(Cl)c(Cl)c2)C3)cc1. The van der Waals surface area contributed by atoms with Crippen LogP contribution in [0.1, 0.15) is 28.2 Å². The van der Waals surface area contributed by atoms with E-state index in [4.69, 9.17) is 32.4 Å². The zero-order chi connectivity index (χ0) is 25.3. The number of nitrogens with zero attached hydrogens (tertiary/aromatic N) is 2. The molecule has 0 spiro atoms. The molecular formula is C27H23Cl2N3O3S. The van der Waals surface area contributed by atoms with Gasteiger partial charge in [0.1, 0.15) is 0 Å². The molecule has 0 aliphatic heterocycles. The van der Waals surface area contributed by atoms with Crippen LogP contribution < -0.4 is 5.32 Å². The number of hydrogen-bond donors (Lipinski definition) is 1. The van der Waals surface area contributed by atoms with E-state index < -0.39 is 10.1 Å². The van der Waals surface area contributed by atoms with Gasteiger partial charge in [-0.25, -0.2) is 9.97 Å². The second-order valence-corrected chi connectivity index (χ2v) is 11.1. The predicted molar refractivity (Wildman–Crippen MR) is 144 cm³/mol. The minimum absolute atomic E-state index is 0.113. The Morgan fingerprint density at radius 1 is 1.03 bits per heavy atom. The lowest BCUT2D eigenvalue weighted by Crippen LogP contribution is -2.15. The van der Waals surface area contributed by atoms with Crippen LogP contribution in [-0.2, 0) is 27.1 Å². The second kappa shape index (κ2) is 10.2. The molecule has 0 saturated carbocycles. The van der Waals surface area contributed by atoms with Crippen molar-refractivity contribution in [2.24, 2.45) is 0 Å². The van der Waals surface area contributed by atoms with Crippen LogP contribution in [0.3, 0.4) is 0 Å². The first-order chi connectivity index (χ1) is 17.3. The number of rotatable bonds is 7. The van der Waals surface area contributed by atoms with E-state index in [0.29, 0.717) is 22.4 Å². The van der Waals surface area contributed by atoms with Crippen molar-refractivity contribution in [1.29, 1.82) is 0 Å². The molecule has 0 amide bonds. The number of anilines is 2. The highest BCUT2D eigenvalue weighted by molar-refractivity contribution is 7.85. The molecule has 6 nitrogen and oxygen atoms in total. The Bertz CT molecular complexity index is 1530. The molecule has 1 N–H and O–H groups in total. The predicted octanol–water partition coefficient (Wildman–Crippen LogP) is 6.40. The maximum absolute atomic E-state index is 11.1. The van der Waals surface area contributed by atoms with E-state index in [1.165, 1.54) is 5.56 Å². The van der Waals surface area contributed by atoms with Gasteiger partial charge in [0.15, 0.2) is 0 Å². The van der Waals surface area contributed by atoms with Gasteiger partial charge in [0.05, 0.1) is 28.6 Å². The van der Waals surface area contributed by atoms with Crippen molar-refractivity contribution in [3.8, 4) is 11.3 Å². The van der Waals surface area contributed by atoms with E-state index in [-0.39, 0.29) is 12.5 Å². The van der Waals surface area contributed by atoms with Crippen LogP contribution in [0.2, 0.25) is 10.0 Å². The molecule has 1 aliphatic rings. The zero-order valence-electron chi connectivity index (χ0n) is 19.4. The van der Waals surface area contributed by atoms with Gasteiger partial charge in [-0.3, -0.25) is 4.18 Å². The smallest absolute Gasteiger partial charge is 0.264 e. The van der Waals surface area contributed by atoms with Crippen LogP contribution >= 0.6 is 23.2 Å². The summed E-state index contributed by atoms with van der Waals surface area (Å²) in [6, 6.07) is 21.7. The normalized spacial score (nSPS) is 14.7. The van der Waals surface area contributed by atoms with Crippen molar-refractivity contribution in [1.82, 2.24) is 9.97 Å². The van der Waals surface area contributed by atoms with Gasteiger partial charge in [-0.15, -0.1) is 0 Å². The molecule has 4 aromatic rings. The molecule has 1 atom stereocenters. The number of halogens is 2. The van der Waals surface area contributed by atoms with Crippen molar-refractivity contribution in [2.45, 2.75) is 18.8 Å². The Hall–Kier alpha value is -2.97. The molecule has 0 radical (unpaired) electrons. The van der Waals surface area contributed by atoms with E-state index in [0.717, 1.165) is 46.3 Å². The van der Waals surface area contributed by atoms with Crippen LogP contribution in [0.4, 0.5) is 11.6 Å². The lowest BCUT2D eigenvalue weighted by molar-refractivity contribution is 0.326. The summed E-state index contributed by atoms with van der Waals surface area (Å²) in [5, 5.41) is 4.35. The third kappa shape index (κ3) is 5.55. The fourth-order valence-corrected chi connectivity index (χ4v) is 5.11. The standard InChI is InChI=1S/C27H23Cl2N3O3S/c1-36(33,34)35-13-12-17-6-9-20(10-7-17)31-27-30-16-19-14-23(18-8-11-24(28)25(29)15-18)21-4-2-3-5-22(21)26(19)32-27/h2-11,15-16,23H,12-14H2,1H3,(H,30,31,32). The summed E-state index contributed by atoms with van der Waals surface area (Å²) in [7, 11) is -3.44. The molecule has 36 heavy (non-hydrogen) atoms. The highest BCUT2D eigenvalue weighted by atomic mass is 35.5. The number of nitrogens with one attached hydrogen (secondary N) is 1. The van der Waals surface area contributed by atoms with E-state index in [9.17, 15) is 8.42 Å². The quantitative estimate of drug-likeness (QED) is 0.273. The Balaban J connectivity index is 1.37. The summed E-state index contributed by atoms with van der Waals surface area (Å²) in [6.07, 6.45) is 4.18. The van der Waals surface area contributed by atoms with E-state index in [1.807, 2.05) is 60.8 Å². The third-order valence-corrected chi connectivity index (χ3v) is 7.46. The lowest BCUT2D eigenvalue weighted by Gasteiger charge is -2.27. The van der Waals surface area contributed by atoms with Gasteiger partial charge in [-0.2, -0.15) is 8.42 Å². The highest BCUT2D eigenvalue weighted by Crippen LogP contribution is 2.42. The van der Waals surface area contributed by atoms with Gasteiger partial charge in [-0.05, 0) is 59.4 Å². The van der Waals surface area contributed by atoms with Crippen LogP contribution in [0.15, 0.2) is 72.9 Å². The minimum atomic E-state index is -3.44. The van der Waals surface area contributed by atoms with Crippen LogP contribution in [0, 0.1) is 0 Å². The third-order valence-electron chi connectivity index (χ3n) is 6.12. The van der Waals surface area contributed by atoms with Gasteiger partial charge in [-0.1, -0.05) is 65.7 Å². The summed E-state index contributed by atoms with van der Waals surface area (Å²) < 4.78 is 27.0. The first-order valence-corrected chi connectivity index (χ1v) is 13.9. The molecule has 1 aliphatic carbocycles. The molecule has 184 valence electrons. The van der Waals surface area contributed by atoms with Crippen LogP contribution in [0.25, 0.3) is 11.3 Å². The van der Waals surface area contributed by atoms with Gasteiger partial charge in [0.25, 0.3) is 10.1 Å². The summed E-state index contributed by atoms with van der Waals surface area (Å²) >= 11 is 12.5. The van der Waals surface area contributed by atoms with E-state index in [1.54, 1.807) is 0 Å². The van der Waals surface area contributed by atoms with Crippen molar-refractivity contribution in [3.05, 3.63) is 105 Å². The Kier molecular flexibility index (Phi) is 6.99. The summed E-state index contributed by atoms with van der Waals surface area (Å²) in [4.78, 5) is 9.42. The second-order valence-electron chi connectivity index (χ2n) is 8.68. The molecule has 1 aromatic heterocycles. The van der Waals surface area contributed by atoms with Crippen LogP contribution in [0.5, 0.6) is 0 Å². The maximum atomic E-state index is 11.1. The largest absolute Gasteiger partial charge is 0.324 e. The average Bonchev–Trinajstić information content (AvgIpc) is 2.86. The summed E-state index contributed by atoms with van der Waals surface area (Å²) in [5.41, 5.74) is 7.14. The molecule has 5 rings (SSSR count). The zero-order valence-corrected chi connectivity index (χ0v) is 21.7. The average molecular weight is 540 g/mol. The number of fused-ring (bicyclic) bond motifs is 3. The molecule has 3 aromatic carbocycles. The van der Waals surface area contributed by atoms with Gasteiger partial charge >= 0.3 is 0 Å². The van der Waals surface area contributed by atoms with Crippen molar-refractivity contribution < 1.29 is 12.6 Å². The van der Waals surface area contributed by atoms with Crippen LogP contribution in [-0.4, -0.2) is 31.2 Å². The van der Waals surface area contributed by atoms with Gasteiger partial charge in [0.2, 0.25) is 5.95 Å². The maximum Gasteiger partial charge on any atom is 0.264 e. The Morgan fingerprint density at radius 3 is 2.56 bits per heavy atom. The van der Waals surface area contributed by atoms with Crippen molar-refractivity contribution in [2.75, 3.05) is 18.2 Å². The molecule has 9 heteroatoms. The Morgan fingerprint density at radius 2 is 1.81 bits per heavy atom. The Labute approximate surface area is 220 Å². The molecule has 0 saturated heterocycles. The number of aromatic nitrogens is 2. The fourth-order valence-electron chi connectivity index (χ4n) is 4.42. The lowest BCUT2D eigenvalue weighted by atomic mass is 9.78. The van der Waals surface area contributed by atoms with Crippen molar-refractivity contribution in [3.63, 3.8) is 0 Å². The first kappa shape index (κ1) is 24.7. The monoisotopic (exact) mass is 539 g/mol. The van der Waals surface area contributed by atoms with E-state index >= 15 is 0 Å². The minimum Gasteiger partial charge on any atom is -0.324 e. The van der Waals surface area contributed by atoms with Gasteiger partial charge in [0, 0.05) is 23.4 Å². The summed E-state index contributed by atoms with van der Waals surface area (Å²) in [6.45, 7) is 0.113. The topological polar surface area (TPSA) is 81.2 Å². The fraction of sp³-hybridized carbons (Fsp3) is 0.185. The van der Waals surface area contributed by atoms with E-state index in [2.05, 4.69) is 22.4 Å². The number of benzene rings is 3. The molecular weight excluding hydrogens is 517 g/mol.